The van der Waals surface area contributed by atoms with E-state index in [0.717, 1.165) is 6.54 Å². The molecular formula is C10H16N2O. The average Bonchev–Trinajstić information content (AvgIpc) is 2.64. The molecule has 1 fully saturated rings. The zero-order valence-electron chi connectivity index (χ0n) is 8.23. The number of hydrogen-bond acceptors (Lipinski definition) is 2. The summed E-state index contributed by atoms with van der Waals surface area (Å²) in [4.78, 5) is 0. The third-order valence-electron chi connectivity index (χ3n) is 2.63. The Hall–Kier alpha value is -0.830. The Morgan fingerprint density at radius 3 is 3.00 bits per heavy atom. The zero-order valence-corrected chi connectivity index (χ0v) is 8.23. The van der Waals surface area contributed by atoms with Crippen LogP contribution in [0.2, 0.25) is 0 Å². The molecule has 0 aromatic carbocycles. The van der Waals surface area contributed by atoms with E-state index in [0.29, 0.717) is 12.2 Å². The SMILES string of the molecule is Cc1ccnn1CC1CCC(C)O1. The number of rotatable bonds is 2. The maximum Gasteiger partial charge on any atom is 0.0775 e. The van der Waals surface area contributed by atoms with Gasteiger partial charge in [0.2, 0.25) is 0 Å². The molecule has 1 aliphatic heterocycles. The highest BCUT2D eigenvalue weighted by Gasteiger charge is 2.22. The predicted octanol–water partition coefficient (Wildman–Crippen LogP) is 1.76. The Bertz CT molecular complexity index is 282. The highest BCUT2D eigenvalue weighted by atomic mass is 16.5. The summed E-state index contributed by atoms with van der Waals surface area (Å²) in [6.07, 6.45) is 4.99. The first-order chi connectivity index (χ1) is 6.25. The first kappa shape index (κ1) is 8.75. The van der Waals surface area contributed by atoms with Crippen LogP contribution in [0, 0.1) is 6.92 Å². The van der Waals surface area contributed by atoms with Crippen LogP contribution in [0.1, 0.15) is 25.5 Å². The second kappa shape index (κ2) is 3.50. The van der Waals surface area contributed by atoms with Gasteiger partial charge in [0.15, 0.2) is 0 Å². The fourth-order valence-corrected chi connectivity index (χ4v) is 1.80. The molecule has 2 rings (SSSR count). The molecule has 0 aliphatic carbocycles. The van der Waals surface area contributed by atoms with Crippen LogP contribution in [0.3, 0.4) is 0 Å². The molecule has 0 amide bonds. The lowest BCUT2D eigenvalue weighted by atomic mass is 10.2. The lowest BCUT2D eigenvalue weighted by molar-refractivity contribution is 0.0433. The van der Waals surface area contributed by atoms with Gasteiger partial charge in [-0.2, -0.15) is 5.10 Å². The Morgan fingerprint density at radius 1 is 1.62 bits per heavy atom. The van der Waals surface area contributed by atoms with Crippen molar-refractivity contribution in [2.24, 2.45) is 0 Å². The van der Waals surface area contributed by atoms with Crippen molar-refractivity contribution in [2.45, 2.75) is 45.4 Å². The molecular weight excluding hydrogens is 164 g/mol. The van der Waals surface area contributed by atoms with Crippen LogP contribution in [0.15, 0.2) is 12.3 Å². The fraction of sp³-hybridized carbons (Fsp3) is 0.700. The normalized spacial score (nSPS) is 28.2. The van der Waals surface area contributed by atoms with Gasteiger partial charge in [-0.3, -0.25) is 4.68 Å². The number of aryl methyl sites for hydroxylation is 1. The van der Waals surface area contributed by atoms with E-state index in [4.69, 9.17) is 4.74 Å². The van der Waals surface area contributed by atoms with Gasteiger partial charge in [0.25, 0.3) is 0 Å². The number of aromatic nitrogens is 2. The van der Waals surface area contributed by atoms with Crippen LogP contribution >= 0.6 is 0 Å². The highest BCUT2D eigenvalue weighted by molar-refractivity contribution is 4.96. The first-order valence-corrected chi connectivity index (χ1v) is 4.89. The maximum absolute atomic E-state index is 5.73. The molecule has 0 bridgehead atoms. The van der Waals surface area contributed by atoms with Gasteiger partial charge in [-0.15, -0.1) is 0 Å². The summed E-state index contributed by atoms with van der Waals surface area (Å²) in [6, 6.07) is 2.03. The molecule has 1 aromatic rings. The summed E-state index contributed by atoms with van der Waals surface area (Å²) in [5, 5.41) is 4.24. The number of hydrogen-bond donors (Lipinski definition) is 0. The van der Waals surface area contributed by atoms with Crippen LogP contribution in [-0.4, -0.2) is 22.0 Å². The lowest BCUT2D eigenvalue weighted by Crippen LogP contribution is -2.18. The van der Waals surface area contributed by atoms with Crippen molar-refractivity contribution < 1.29 is 4.74 Å². The van der Waals surface area contributed by atoms with Crippen molar-refractivity contribution in [3.63, 3.8) is 0 Å². The Balaban J connectivity index is 1.95. The molecule has 2 heterocycles. The monoisotopic (exact) mass is 180 g/mol. The summed E-state index contributed by atoms with van der Waals surface area (Å²) in [5.41, 5.74) is 1.21. The summed E-state index contributed by atoms with van der Waals surface area (Å²) < 4.78 is 7.75. The van der Waals surface area contributed by atoms with E-state index in [2.05, 4.69) is 18.9 Å². The lowest BCUT2D eigenvalue weighted by Gasteiger charge is -2.12. The van der Waals surface area contributed by atoms with Crippen molar-refractivity contribution >= 4 is 0 Å². The van der Waals surface area contributed by atoms with Gasteiger partial charge in [0.05, 0.1) is 18.8 Å². The smallest absolute Gasteiger partial charge is 0.0775 e. The molecule has 0 saturated carbocycles. The standard InChI is InChI=1S/C10H16N2O/c1-8-5-6-11-12(8)7-10-4-3-9(2)13-10/h5-6,9-10H,3-4,7H2,1-2H3. The maximum atomic E-state index is 5.73. The molecule has 2 unspecified atom stereocenters. The first-order valence-electron chi connectivity index (χ1n) is 4.89. The van der Waals surface area contributed by atoms with Gasteiger partial charge in [-0.1, -0.05) is 0 Å². The summed E-state index contributed by atoms with van der Waals surface area (Å²) >= 11 is 0. The molecule has 2 atom stereocenters. The van der Waals surface area contributed by atoms with Gasteiger partial charge in [0, 0.05) is 11.9 Å². The second-order valence-corrected chi connectivity index (χ2v) is 3.80. The largest absolute Gasteiger partial charge is 0.373 e. The van der Waals surface area contributed by atoms with E-state index >= 15 is 0 Å². The topological polar surface area (TPSA) is 27.1 Å². The van der Waals surface area contributed by atoms with Gasteiger partial charge < -0.3 is 4.74 Å². The minimum Gasteiger partial charge on any atom is -0.373 e. The van der Waals surface area contributed by atoms with Crippen LogP contribution in [-0.2, 0) is 11.3 Å². The Kier molecular flexibility index (Phi) is 2.36. The van der Waals surface area contributed by atoms with Crippen molar-refractivity contribution in [2.75, 3.05) is 0 Å². The average molecular weight is 180 g/mol. The van der Waals surface area contributed by atoms with E-state index < -0.39 is 0 Å². The van der Waals surface area contributed by atoms with E-state index in [1.165, 1.54) is 18.5 Å². The molecule has 3 nitrogen and oxygen atoms in total. The quantitative estimate of drug-likeness (QED) is 0.693. The van der Waals surface area contributed by atoms with Crippen LogP contribution in [0.5, 0.6) is 0 Å². The molecule has 3 heteroatoms. The fourth-order valence-electron chi connectivity index (χ4n) is 1.80. The highest BCUT2D eigenvalue weighted by Crippen LogP contribution is 2.20. The molecule has 1 aliphatic rings. The number of ether oxygens (including phenoxy) is 1. The van der Waals surface area contributed by atoms with Gasteiger partial charge in [-0.25, -0.2) is 0 Å². The molecule has 1 aromatic heterocycles. The van der Waals surface area contributed by atoms with E-state index in [-0.39, 0.29) is 0 Å². The Labute approximate surface area is 78.7 Å². The molecule has 72 valence electrons. The third-order valence-corrected chi connectivity index (χ3v) is 2.63. The summed E-state index contributed by atoms with van der Waals surface area (Å²) in [7, 11) is 0. The summed E-state index contributed by atoms with van der Waals surface area (Å²) in [6.45, 7) is 5.12. The van der Waals surface area contributed by atoms with E-state index in [9.17, 15) is 0 Å². The molecule has 13 heavy (non-hydrogen) atoms. The van der Waals surface area contributed by atoms with Crippen molar-refractivity contribution in [1.29, 1.82) is 0 Å². The molecule has 0 spiro atoms. The van der Waals surface area contributed by atoms with E-state index in [1.807, 2.05) is 16.9 Å². The van der Waals surface area contributed by atoms with Gasteiger partial charge in [0.1, 0.15) is 0 Å². The predicted molar refractivity (Wildman–Crippen MR) is 50.5 cm³/mol. The van der Waals surface area contributed by atoms with E-state index in [1.54, 1.807) is 0 Å². The summed E-state index contributed by atoms with van der Waals surface area (Å²) in [5.74, 6) is 0. The van der Waals surface area contributed by atoms with Crippen molar-refractivity contribution in [3.05, 3.63) is 18.0 Å². The number of nitrogens with zero attached hydrogens (tertiary/aromatic N) is 2. The van der Waals surface area contributed by atoms with Crippen LogP contribution < -0.4 is 0 Å². The zero-order chi connectivity index (χ0) is 9.26. The van der Waals surface area contributed by atoms with Crippen molar-refractivity contribution in [3.8, 4) is 0 Å². The van der Waals surface area contributed by atoms with Gasteiger partial charge in [-0.05, 0) is 32.8 Å². The molecule has 0 radical (unpaired) electrons. The third kappa shape index (κ3) is 1.91. The molecule has 0 N–H and O–H groups in total. The minimum atomic E-state index is 0.369. The Morgan fingerprint density at radius 2 is 2.46 bits per heavy atom. The minimum absolute atomic E-state index is 0.369. The van der Waals surface area contributed by atoms with Crippen molar-refractivity contribution in [1.82, 2.24) is 9.78 Å². The van der Waals surface area contributed by atoms with Crippen LogP contribution in [0.25, 0.3) is 0 Å². The second-order valence-electron chi connectivity index (χ2n) is 3.80. The van der Waals surface area contributed by atoms with Crippen LogP contribution in [0.4, 0.5) is 0 Å². The van der Waals surface area contributed by atoms with Gasteiger partial charge >= 0.3 is 0 Å². The molecule has 1 saturated heterocycles.